The van der Waals surface area contributed by atoms with Gasteiger partial charge in [0.25, 0.3) is 0 Å². The summed E-state index contributed by atoms with van der Waals surface area (Å²) in [5, 5.41) is 0. The zero-order valence-electron chi connectivity index (χ0n) is 17.9. The first kappa shape index (κ1) is 19.0. The molecule has 2 aliphatic rings. The van der Waals surface area contributed by atoms with Gasteiger partial charge in [0.15, 0.2) is 0 Å². The van der Waals surface area contributed by atoms with Crippen molar-refractivity contribution < 1.29 is 0 Å². The van der Waals surface area contributed by atoms with E-state index >= 15 is 0 Å². The Morgan fingerprint density at radius 2 is 1.06 bits per heavy atom. The Morgan fingerprint density at radius 1 is 0.485 bits per heavy atom. The number of nitrogens with zero attached hydrogens (tertiary/aromatic N) is 1. The second kappa shape index (κ2) is 7.23. The summed E-state index contributed by atoms with van der Waals surface area (Å²) in [6.45, 7) is 0.154. The normalized spacial score (nSPS) is 12.9. The van der Waals surface area contributed by atoms with Gasteiger partial charge in [-0.3, -0.25) is 0 Å². The van der Waals surface area contributed by atoms with E-state index in [0.717, 1.165) is 4.47 Å². The largest absolute Gasteiger partial charge is 0.376 e. The van der Waals surface area contributed by atoms with Crippen molar-refractivity contribution in [2.45, 2.75) is 0 Å². The fraction of sp³-hybridized carbons (Fsp3) is 0. The van der Waals surface area contributed by atoms with Gasteiger partial charge in [-0.1, -0.05) is 101 Å². The highest BCUT2D eigenvalue weighted by Crippen LogP contribution is 2.47. The molecule has 0 atom stereocenters. The molecule has 0 radical (unpaired) electrons. The Morgan fingerprint density at radius 3 is 1.76 bits per heavy atom. The predicted octanol–water partition coefficient (Wildman–Crippen LogP) is 7.02. The Labute approximate surface area is 202 Å². The van der Waals surface area contributed by atoms with E-state index in [9.17, 15) is 0 Å². The van der Waals surface area contributed by atoms with Gasteiger partial charge in [-0.05, 0) is 63.5 Å². The molecule has 33 heavy (non-hydrogen) atoms. The van der Waals surface area contributed by atoms with Gasteiger partial charge < -0.3 is 4.81 Å². The van der Waals surface area contributed by atoms with Gasteiger partial charge in [-0.15, -0.1) is 0 Å². The van der Waals surface area contributed by atoms with E-state index in [1.165, 1.54) is 55.7 Å². The number of anilines is 2. The van der Waals surface area contributed by atoms with E-state index in [-0.39, 0.29) is 6.85 Å². The lowest BCUT2D eigenvalue weighted by molar-refractivity contribution is 1.34. The van der Waals surface area contributed by atoms with Crippen LogP contribution in [0.2, 0.25) is 0 Å². The molecular formula is C30H19BBrN. The maximum absolute atomic E-state index is 3.70. The number of rotatable bonds is 1. The van der Waals surface area contributed by atoms with Gasteiger partial charge >= 0.3 is 6.85 Å². The van der Waals surface area contributed by atoms with Crippen LogP contribution in [-0.2, 0) is 0 Å². The molecular weight excluding hydrogens is 465 g/mol. The molecule has 7 rings (SSSR count). The molecule has 0 unspecified atom stereocenters. The zero-order chi connectivity index (χ0) is 21.9. The van der Waals surface area contributed by atoms with Crippen LogP contribution < -0.4 is 15.7 Å². The van der Waals surface area contributed by atoms with Crippen LogP contribution in [0.25, 0.3) is 33.4 Å². The lowest BCUT2D eigenvalue weighted by atomic mass is 9.43. The van der Waals surface area contributed by atoms with Gasteiger partial charge in [-0.25, -0.2) is 0 Å². The third-order valence-corrected chi connectivity index (χ3v) is 7.42. The second-order valence-corrected chi connectivity index (χ2v) is 9.62. The first-order chi connectivity index (χ1) is 16.3. The summed E-state index contributed by atoms with van der Waals surface area (Å²) in [5.74, 6) is 0. The minimum atomic E-state index is 0.154. The van der Waals surface area contributed by atoms with E-state index < -0.39 is 0 Å². The quantitative estimate of drug-likeness (QED) is 0.231. The topological polar surface area (TPSA) is 3.24 Å². The Bertz CT molecular complexity index is 1540. The third-order valence-electron chi connectivity index (χ3n) is 6.93. The smallest absolute Gasteiger partial charge is 0.329 e. The minimum Gasteiger partial charge on any atom is -0.376 e. The number of benzene rings is 5. The molecule has 0 aromatic heterocycles. The monoisotopic (exact) mass is 483 g/mol. The van der Waals surface area contributed by atoms with Crippen molar-refractivity contribution in [3.8, 4) is 33.4 Å². The molecule has 2 heterocycles. The number of fused-ring (bicyclic) bond motifs is 11. The third kappa shape index (κ3) is 2.79. The molecule has 5 aromatic carbocycles. The Hall–Kier alpha value is -3.56. The molecule has 3 heteroatoms. The van der Waals surface area contributed by atoms with Gasteiger partial charge in [0.05, 0.1) is 0 Å². The van der Waals surface area contributed by atoms with E-state index in [0.29, 0.717) is 0 Å². The molecule has 0 amide bonds. The Kier molecular flexibility index (Phi) is 4.15. The average molecular weight is 484 g/mol. The van der Waals surface area contributed by atoms with E-state index in [1.54, 1.807) is 0 Å². The van der Waals surface area contributed by atoms with Crippen molar-refractivity contribution in [2.75, 3.05) is 4.81 Å². The number of hydrogen-bond donors (Lipinski definition) is 0. The van der Waals surface area contributed by atoms with Crippen molar-refractivity contribution in [3.05, 3.63) is 120 Å². The number of halogens is 1. The van der Waals surface area contributed by atoms with E-state index in [4.69, 9.17) is 0 Å². The molecule has 0 saturated heterocycles. The van der Waals surface area contributed by atoms with Crippen molar-refractivity contribution >= 4 is 45.1 Å². The van der Waals surface area contributed by atoms with Gasteiger partial charge in [0.1, 0.15) is 0 Å². The first-order valence-electron chi connectivity index (χ1n) is 11.3. The molecule has 5 aromatic rings. The van der Waals surface area contributed by atoms with Crippen LogP contribution in [-0.4, -0.2) is 6.85 Å². The van der Waals surface area contributed by atoms with Crippen LogP contribution >= 0.6 is 15.9 Å². The molecule has 1 nitrogen and oxygen atoms in total. The van der Waals surface area contributed by atoms with E-state index in [2.05, 4.69) is 136 Å². The van der Waals surface area contributed by atoms with Crippen LogP contribution in [0.5, 0.6) is 0 Å². The van der Waals surface area contributed by atoms with Crippen LogP contribution in [0, 0.1) is 0 Å². The molecule has 0 fully saturated rings. The summed E-state index contributed by atoms with van der Waals surface area (Å²) in [5.41, 5.74) is 12.9. The fourth-order valence-corrected chi connectivity index (χ4v) is 5.88. The lowest BCUT2D eigenvalue weighted by Gasteiger charge is -2.43. The van der Waals surface area contributed by atoms with Crippen LogP contribution in [0.15, 0.2) is 120 Å². The summed E-state index contributed by atoms with van der Waals surface area (Å²) in [7, 11) is 0. The predicted molar refractivity (Wildman–Crippen MR) is 144 cm³/mol. The SMILES string of the molecule is Brc1ccc2c(c1)-c1ccccc1B1c3ccccc3-c3cc(-c4ccccc4)ccc3N12. The highest BCUT2D eigenvalue weighted by molar-refractivity contribution is 9.10. The van der Waals surface area contributed by atoms with Gasteiger partial charge in [0, 0.05) is 27.0 Å². The molecule has 154 valence electrons. The highest BCUT2D eigenvalue weighted by Gasteiger charge is 2.41. The molecule has 0 saturated carbocycles. The molecule has 0 spiro atoms. The van der Waals surface area contributed by atoms with E-state index in [1.807, 2.05) is 0 Å². The average Bonchev–Trinajstić information content (AvgIpc) is 2.88. The fourth-order valence-electron chi connectivity index (χ4n) is 5.52. The van der Waals surface area contributed by atoms with Crippen molar-refractivity contribution in [3.63, 3.8) is 0 Å². The van der Waals surface area contributed by atoms with Crippen molar-refractivity contribution in [2.24, 2.45) is 0 Å². The standard InChI is InChI=1S/C30H19BBrN/c32-22-15-17-30-26(19-22)24-11-5-7-13-28(24)31-27-12-6-4-10-23(27)25-18-21(14-16-29(25)33(30)31)20-8-2-1-3-9-20/h1-19H. The molecule has 2 aliphatic heterocycles. The Balaban J connectivity index is 1.55. The lowest BCUT2D eigenvalue weighted by Crippen LogP contribution is -2.59. The van der Waals surface area contributed by atoms with Gasteiger partial charge in [0.2, 0.25) is 0 Å². The van der Waals surface area contributed by atoms with Crippen LogP contribution in [0.4, 0.5) is 11.4 Å². The summed E-state index contributed by atoms with van der Waals surface area (Å²) >= 11 is 3.70. The second-order valence-electron chi connectivity index (χ2n) is 8.71. The minimum absolute atomic E-state index is 0.154. The van der Waals surface area contributed by atoms with Gasteiger partial charge in [-0.2, -0.15) is 0 Å². The number of hydrogen-bond acceptors (Lipinski definition) is 1. The maximum Gasteiger partial charge on any atom is 0.329 e. The highest BCUT2D eigenvalue weighted by atomic mass is 79.9. The van der Waals surface area contributed by atoms with Crippen LogP contribution in [0.3, 0.4) is 0 Å². The molecule has 0 bridgehead atoms. The zero-order valence-corrected chi connectivity index (χ0v) is 19.5. The molecule has 0 aliphatic carbocycles. The van der Waals surface area contributed by atoms with Crippen molar-refractivity contribution in [1.82, 2.24) is 0 Å². The maximum atomic E-state index is 3.70. The summed E-state index contributed by atoms with van der Waals surface area (Å²) < 4.78 is 1.10. The van der Waals surface area contributed by atoms with Crippen molar-refractivity contribution in [1.29, 1.82) is 0 Å². The molecule has 0 N–H and O–H groups in total. The summed E-state index contributed by atoms with van der Waals surface area (Å²) in [4.78, 5) is 2.54. The first-order valence-corrected chi connectivity index (χ1v) is 12.1. The van der Waals surface area contributed by atoms with Crippen LogP contribution in [0.1, 0.15) is 0 Å². The summed E-state index contributed by atoms with van der Waals surface area (Å²) in [6, 6.07) is 42.0. The summed E-state index contributed by atoms with van der Waals surface area (Å²) in [6.07, 6.45) is 0.